The SMILES string of the molecule is O=Cc1cc(F)cc(F)c1.OC(c1cc(F)cc(F)c1)C1(c2ccccc2)SCCCS1.[C+]1=CC(C2SCCCS2)=CC=C1. The molecule has 1 atom stereocenters. The summed E-state index contributed by atoms with van der Waals surface area (Å²) in [6.07, 6.45) is 13.3. The van der Waals surface area contributed by atoms with Gasteiger partial charge < -0.3 is 5.11 Å². The summed E-state index contributed by atoms with van der Waals surface area (Å²) in [7, 11) is 0. The molecule has 0 amide bonds. The smallest absolute Gasteiger partial charge is 0.150 e. The maximum Gasteiger partial charge on any atom is 0.150 e. The second-order valence-corrected chi connectivity index (χ2v) is 15.4. The maximum atomic E-state index is 13.5. The van der Waals surface area contributed by atoms with Crippen LogP contribution in [0.4, 0.5) is 17.6 Å². The van der Waals surface area contributed by atoms with Crippen LogP contribution >= 0.6 is 47.0 Å². The van der Waals surface area contributed by atoms with E-state index in [1.807, 2.05) is 36.4 Å². The molecule has 0 radical (unpaired) electrons. The molecule has 1 unspecified atom stereocenters. The van der Waals surface area contributed by atoms with Crippen molar-refractivity contribution in [2.45, 2.75) is 27.6 Å². The molecule has 2 aliphatic heterocycles. The highest BCUT2D eigenvalue weighted by molar-refractivity contribution is 8.18. The van der Waals surface area contributed by atoms with Crippen LogP contribution in [0.15, 0.2) is 96.6 Å². The van der Waals surface area contributed by atoms with Crippen molar-refractivity contribution in [1.29, 1.82) is 0 Å². The molecular formula is C34H31F4O2S4+. The Morgan fingerprint density at radius 1 is 0.818 bits per heavy atom. The van der Waals surface area contributed by atoms with Gasteiger partial charge in [0.05, 0.1) is 11.6 Å². The Balaban J connectivity index is 0.000000168. The van der Waals surface area contributed by atoms with E-state index in [2.05, 4.69) is 47.8 Å². The third kappa shape index (κ3) is 9.77. The molecule has 0 saturated carbocycles. The van der Waals surface area contributed by atoms with Gasteiger partial charge in [0.15, 0.2) is 0 Å². The van der Waals surface area contributed by atoms with Gasteiger partial charge in [0.2, 0.25) is 0 Å². The second-order valence-electron chi connectivity index (χ2n) is 9.77. The number of aliphatic hydroxyl groups excluding tert-OH is 1. The zero-order valence-corrected chi connectivity index (χ0v) is 26.9. The molecule has 2 nitrogen and oxygen atoms in total. The first-order valence-electron chi connectivity index (χ1n) is 13.9. The first-order valence-corrected chi connectivity index (χ1v) is 18.0. The van der Waals surface area contributed by atoms with Crippen LogP contribution in [-0.4, -0.2) is 39.0 Å². The predicted octanol–water partition coefficient (Wildman–Crippen LogP) is 9.54. The Labute approximate surface area is 272 Å². The van der Waals surface area contributed by atoms with Crippen molar-refractivity contribution in [3.63, 3.8) is 0 Å². The van der Waals surface area contributed by atoms with Crippen LogP contribution in [0, 0.1) is 29.3 Å². The minimum absolute atomic E-state index is 0.0116. The van der Waals surface area contributed by atoms with E-state index < -0.39 is 33.5 Å². The Morgan fingerprint density at radius 2 is 1.39 bits per heavy atom. The lowest BCUT2D eigenvalue weighted by atomic mass is 10.00. The van der Waals surface area contributed by atoms with Gasteiger partial charge in [-0.05, 0) is 71.2 Å². The number of rotatable bonds is 5. The molecule has 44 heavy (non-hydrogen) atoms. The lowest BCUT2D eigenvalue weighted by Crippen LogP contribution is -2.30. The highest BCUT2D eigenvalue weighted by atomic mass is 32.2. The van der Waals surface area contributed by atoms with E-state index in [9.17, 15) is 27.5 Å². The van der Waals surface area contributed by atoms with Gasteiger partial charge in [-0.1, -0.05) is 30.3 Å². The van der Waals surface area contributed by atoms with Gasteiger partial charge in [-0.15, -0.1) is 47.0 Å². The first kappa shape index (κ1) is 34.4. The third-order valence-electron chi connectivity index (χ3n) is 6.51. The van der Waals surface area contributed by atoms with Crippen LogP contribution in [0.1, 0.15) is 40.4 Å². The summed E-state index contributed by atoms with van der Waals surface area (Å²) in [5, 5.41) is 10.9. The van der Waals surface area contributed by atoms with Crippen LogP contribution in [0.2, 0.25) is 0 Å². The van der Waals surface area contributed by atoms with Gasteiger partial charge in [0, 0.05) is 29.8 Å². The van der Waals surface area contributed by atoms with E-state index in [-0.39, 0.29) is 11.1 Å². The zero-order chi connectivity index (χ0) is 31.4. The topological polar surface area (TPSA) is 37.3 Å². The fourth-order valence-corrected chi connectivity index (χ4v) is 10.8. The number of benzene rings is 3. The van der Waals surface area contributed by atoms with Crippen LogP contribution in [-0.2, 0) is 4.08 Å². The zero-order valence-electron chi connectivity index (χ0n) is 23.6. The van der Waals surface area contributed by atoms with Crippen LogP contribution in [0.25, 0.3) is 0 Å². The van der Waals surface area contributed by atoms with Crippen molar-refractivity contribution in [3.8, 4) is 0 Å². The molecule has 2 saturated heterocycles. The molecule has 0 aromatic heterocycles. The fourth-order valence-electron chi connectivity index (χ4n) is 4.53. The molecular weight excluding hydrogens is 645 g/mol. The monoisotopic (exact) mass is 675 g/mol. The summed E-state index contributed by atoms with van der Waals surface area (Å²) in [5.41, 5.74) is 2.69. The van der Waals surface area contributed by atoms with Gasteiger partial charge >= 0.3 is 0 Å². The number of aldehydes is 1. The molecule has 3 aliphatic rings. The second kappa shape index (κ2) is 17.3. The molecule has 10 heteroatoms. The highest BCUT2D eigenvalue weighted by Gasteiger charge is 2.43. The molecule has 3 aromatic rings. The van der Waals surface area contributed by atoms with Gasteiger partial charge in [0.25, 0.3) is 0 Å². The lowest BCUT2D eigenvalue weighted by molar-refractivity contribution is 0.112. The van der Waals surface area contributed by atoms with Crippen LogP contribution in [0.3, 0.4) is 0 Å². The molecule has 0 bridgehead atoms. The average molecular weight is 676 g/mol. The Morgan fingerprint density at radius 3 is 1.93 bits per heavy atom. The minimum Gasteiger partial charge on any atom is -0.386 e. The molecule has 1 N–H and O–H groups in total. The van der Waals surface area contributed by atoms with Crippen molar-refractivity contribution in [2.24, 2.45) is 0 Å². The summed E-state index contributed by atoms with van der Waals surface area (Å²) in [4.78, 5) is 9.98. The number of thioether (sulfide) groups is 4. The van der Waals surface area contributed by atoms with E-state index in [1.165, 1.54) is 35.6 Å². The standard InChI is InChI=1S/C17H16F2OS2.C10H11S2.C7H4F2O/c18-14-9-12(10-15(19)11-14)16(20)17(21-7-4-8-22-17)13-5-2-1-3-6-13;1-2-5-9(6-3-1)10-11-7-4-8-12-10;8-6-1-5(4-10)2-7(9)3-6/h1-3,5-6,9-11,16,20H,4,7-8H2;1-2,5-6,10H,4,7-8H2;1-4H/q;+1;. The summed E-state index contributed by atoms with van der Waals surface area (Å²) in [6, 6.07) is 15.6. The number of carbonyl (C=O) groups excluding carboxylic acids is 1. The minimum atomic E-state index is -0.976. The van der Waals surface area contributed by atoms with Gasteiger partial charge in [-0.3, -0.25) is 4.79 Å². The maximum absolute atomic E-state index is 13.5. The van der Waals surface area contributed by atoms with E-state index >= 15 is 0 Å². The molecule has 230 valence electrons. The van der Waals surface area contributed by atoms with Crippen molar-refractivity contribution in [2.75, 3.05) is 23.0 Å². The van der Waals surface area contributed by atoms with E-state index in [1.54, 1.807) is 23.5 Å². The molecule has 2 heterocycles. The molecule has 6 rings (SSSR count). The van der Waals surface area contributed by atoms with Gasteiger partial charge in [-0.25, -0.2) is 17.6 Å². The van der Waals surface area contributed by atoms with Gasteiger partial charge in [0.1, 0.15) is 56.5 Å². The largest absolute Gasteiger partial charge is 0.386 e. The number of allylic oxidation sites excluding steroid dienone is 5. The van der Waals surface area contributed by atoms with Crippen LogP contribution < -0.4 is 0 Å². The first-order chi connectivity index (χ1) is 21.3. The summed E-state index contributed by atoms with van der Waals surface area (Å²) in [6.45, 7) is 0. The fraction of sp³-hybridized carbons (Fsp3) is 0.265. The normalized spacial score (nSPS) is 18.0. The highest BCUT2D eigenvalue weighted by Crippen LogP contribution is 2.57. The van der Waals surface area contributed by atoms with E-state index in [4.69, 9.17) is 0 Å². The summed E-state index contributed by atoms with van der Waals surface area (Å²) >= 11 is 7.41. The number of halogens is 4. The lowest BCUT2D eigenvalue weighted by Gasteiger charge is -2.40. The predicted molar refractivity (Wildman–Crippen MR) is 179 cm³/mol. The number of carbonyl (C=O) groups is 1. The van der Waals surface area contributed by atoms with E-state index in [0.717, 1.165) is 41.7 Å². The van der Waals surface area contributed by atoms with Crippen molar-refractivity contribution < 1.29 is 27.5 Å². The molecule has 1 aliphatic carbocycles. The molecule has 2 fully saturated rings. The van der Waals surface area contributed by atoms with Crippen molar-refractivity contribution >= 4 is 53.3 Å². The number of hydrogen-bond donors (Lipinski definition) is 1. The summed E-state index contributed by atoms with van der Waals surface area (Å²) < 4.78 is 51.5. The molecule has 0 spiro atoms. The molecule has 3 aromatic carbocycles. The van der Waals surface area contributed by atoms with Crippen molar-refractivity contribution in [3.05, 3.63) is 143 Å². The number of aliphatic hydroxyl groups is 1. The Bertz CT molecular complexity index is 1430. The Kier molecular flexibility index (Phi) is 13.5. The van der Waals surface area contributed by atoms with Crippen molar-refractivity contribution in [1.82, 2.24) is 0 Å². The number of hydrogen-bond acceptors (Lipinski definition) is 6. The van der Waals surface area contributed by atoms with E-state index in [0.29, 0.717) is 16.9 Å². The van der Waals surface area contributed by atoms with Crippen LogP contribution in [0.5, 0.6) is 0 Å². The Hall–Kier alpha value is -2.46. The average Bonchev–Trinajstić information content (AvgIpc) is 3.05. The van der Waals surface area contributed by atoms with Gasteiger partial charge in [-0.2, -0.15) is 0 Å². The third-order valence-corrected chi connectivity index (χ3v) is 13.0. The summed E-state index contributed by atoms with van der Waals surface area (Å²) in [5.74, 6) is 1.66. The quantitative estimate of drug-likeness (QED) is 0.165.